The molecule has 1 aliphatic carbocycles. The monoisotopic (exact) mass is 322 g/mol. The van der Waals surface area contributed by atoms with Crippen LogP contribution < -0.4 is 0 Å². The van der Waals surface area contributed by atoms with Gasteiger partial charge in [0.1, 0.15) is 5.69 Å². The van der Waals surface area contributed by atoms with Gasteiger partial charge in [-0.25, -0.2) is 0 Å². The molecule has 3 aromatic rings. The summed E-state index contributed by atoms with van der Waals surface area (Å²) in [6, 6.07) is 17.2. The molecular formula is C20H22N2S. The number of rotatable bonds is 4. The number of nitrogens with zero attached hydrogens (tertiary/aromatic N) is 2. The second kappa shape index (κ2) is 6.71. The molecule has 1 aliphatic rings. The zero-order chi connectivity index (χ0) is 15.5. The van der Waals surface area contributed by atoms with Crippen molar-refractivity contribution in [3.63, 3.8) is 0 Å². The van der Waals surface area contributed by atoms with E-state index in [1.807, 2.05) is 0 Å². The van der Waals surface area contributed by atoms with E-state index in [0.717, 1.165) is 18.2 Å². The molecule has 2 nitrogen and oxygen atoms in total. The van der Waals surface area contributed by atoms with Crippen LogP contribution in [0.4, 0.5) is 0 Å². The van der Waals surface area contributed by atoms with E-state index in [-0.39, 0.29) is 0 Å². The first-order valence-corrected chi connectivity index (χ1v) is 9.45. The summed E-state index contributed by atoms with van der Waals surface area (Å²) in [7, 11) is 0. The van der Waals surface area contributed by atoms with Gasteiger partial charge in [0.25, 0.3) is 0 Å². The van der Waals surface area contributed by atoms with Crippen LogP contribution in [0.5, 0.6) is 0 Å². The van der Waals surface area contributed by atoms with E-state index < -0.39 is 0 Å². The van der Waals surface area contributed by atoms with Crippen molar-refractivity contribution in [3.05, 3.63) is 53.9 Å². The van der Waals surface area contributed by atoms with Crippen LogP contribution in [0.25, 0.3) is 21.8 Å². The highest BCUT2D eigenvalue weighted by Gasteiger charge is 2.18. The summed E-state index contributed by atoms with van der Waals surface area (Å²) in [5.41, 5.74) is 3.62. The zero-order valence-electron chi connectivity index (χ0n) is 13.3. The van der Waals surface area contributed by atoms with Gasteiger partial charge in [-0.2, -0.15) is 5.10 Å². The fourth-order valence-electron chi connectivity index (χ4n) is 3.56. The van der Waals surface area contributed by atoms with Crippen LogP contribution >= 0.6 is 11.3 Å². The lowest BCUT2D eigenvalue weighted by molar-refractivity contribution is 0.310. The second-order valence-electron chi connectivity index (χ2n) is 6.44. The largest absolute Gasteiger partial charge is 0.264 e. The summed E-state index contributed by atoms with van der Waals surface area (Å²) < 4.78 is 2.25. The summed E-state index contributed by atoms with van der Waals surface area (Å²) in [5, 5.41) is 7.07. The van der Waals surface area contributed by atoms with E-state index in [1.54, 1.807) is 11.3 Å². The minimum absolute atomic E-state index is 0.780. The van der Waals surface area contributed by atoms with Crippen LogP contribution in [-0.2, 0) is 6.54 Å². The van der Waals surface area contributed by atoms with E-state index in [2.05, 4.69) is 58.6 Å². The van der Waals surface area contributed by atoms with Crippen LogP contribution in [0.15, 0.2) is 53.9 Å². The van der Waals surface area contributed by atoms with E-state index >= 15 is 0 Å². The molecule has 23 heavy (non-hydrogen) atoms. The number of aromatic nitrogens is 2. The number of hydrogen-bond donors (Lipinski definition) is 0. The van der Waals surface area contributed by atoms with Crippen molar-refractivity contribution in [1.82, 2.24) is 9.78 Å². The lowest BCUT2D eigenvalue weighted by atomic mass is 9.89. The molecule has 0 amide bonds. The SMILES string of the molecule is c1ccc(-c2cc(-c3cccs3)nn2CC2CCCCC2)cc1. The molecule has 0 aliphatic heterocycles. The maximum absolute atomic E-state index is 4.95. The Bertz CT molecular complexity index is 737. The van der Waals surface area contributed by atoms with E-state index in [1.165, 1.54) is 48.2 Å². The smallest absolute Gasteiger partial charge is 0.103 e. The third-order valence-electron chi connectivity index (χ3n) is 4.78. The highest BCUT2D eigenvalue weighted by molar-refractivity contribution is 7.13. The highest BCUT2D eigenvalue weighted by Crippen LogP contribution is 2.31. The van der Waals surface area contributed by atoms with Crippen molar-refractivity contribution in [3.8, 4) is 21.8 Å². The third kappa shape index (κ3) is 3.25. The maximum atomic E-state index is 4.95. The number of benzene rings is 1. The zero-order valence-corrected chi connectivity index (χ0v) is 14.1. The van der Waals surface area contributed by atoms with Crippen LogP contribution in [0, 0.1) is 5.92 Å². The topological polar surface area (TPSA) is 17.8 Å². The summed E-state index contributed by atoms with van der Waals surface area (Å²) in [6.07, 6.45) is 6.86. The van der Waals surface area contributed by atoms with Crippen molar-refractivity contribution in [2.75, 3.05) is 0 Å². The molecule has 118 valence electrons. The molecule has 3 heteroatoms. The first-order valence-electron chi connectivity index (χ1n) is 8.57. The number of hydrogen-bond acceptors (Lipinski definition) is 2. The molecule has 1 aromatic carbocycles. The standard InChI is InChI=1S/C20H22N2S/c1-3-8-16(9-4-1)15-22-19(17-10-5-2-6-11-17)14-18(21-22)20-12-7-13-23-20/h2,5-7,10-14,16H,1,3-4,8-9,15H2. The second-order valence-corrected chi connectivity index (χ2v) is 7.39. The van der Waals surface area contributed by atoms with Crippen LogP contribution in [0.1, 0.15) is 32.1 Å². The molecule has 2 aromatic heterocycles. The first-order chi connectivity index (χ1) is 11.4. The van der Waals surface area contributed by atoms with Gasteiger partial charge in [-0.1, -0.05) is 55.7 Å². The molecule has 0 N–H and O–H groups in total. The third-order valence-corrected chi connectivity index (χ3v) is 5.67. The Balaban J connectivity index is 1.70. The Morgan fingerprint density at radius 3 is 2.57 bits per heavy atom. The summed E-state index contributed by atoms with van der Waals surface area (Å²) in [4.78, 5) is 1.25. The van der Waals surface area contributed by atoms with Gasteiger partial charge in [0, 0.05) is 6.54 Å². The Labute approximate surface area is 141 Å². The van der Waals surface area contributed by atoms with E-state index in [0.29, 0.717) is 0 Å². The molecule has 0 spiro atoms. The summed E-state index contributed by atoms with van der Waals surface area (Å²) >= 11 is 1.76. The summed E-state index contributed by atoms with van der Waals surface area (Å²) in [5.74, 6) is 0.780. The lowest BCUT2D eigenvalue weighted by Gasteiger charge is -2.22. The van der Waals surface area contributed by atoms with Gasteiger partial charge in [0.05, 0.1) is 10.6 Å². The van der Waals surface area contributed by atoms with Crippen molar-refractivity contribution in [1.29, 1.82) is 0 Å². The fourth-order valence-corrected chi connectivity index (χ4v) is 4.24. The summed E-state index contributed by atoms with van der Waals surface area (Å²) in [6.45, 7) is 1.05. The predicted molar refractivity (Wildman–Crippen MR) is 97.6 cm³/mol. The highest BCUT2D eigenvalue weighted by atomic mass is 32.1. The lowest BCUT2D eigenvalue weighted by Crippen LogP contribution is -2.15. The van der Waals surface area contributed by atoms with E-state index in [4.69, 9.17) is 5.10 Å². The average molecular weight is 322 g/mol. The average Bonchev–Trinajstić information content (AvgIpc) is 3.26. The van der Waals surface area contributed by atoms with Crippen molar-refractivity contribution < 1.29 is 0 Å². The molecule has 2 heterocycles. The first kappa shape index (κ1) is 14.7. The van der Waals surface area contributed by atoms with Crippen LogP contribution in [0.2, 0.25) is 0 Å². The van der Waals surface area contributed by atoms with Gasteiger partial charge in [-0.05, 0) is 41.8 Å². The van der Waals surface area contributed by atoms with Crippen molar-refractivity contribution >= 4 is 11.3 Å². The van der Waals surface area contributed by atoms with Gasteiger partial charge in [-0.15, -0.1) is 11.3 Å². The van der Waals surface area contributed by atoms with Crippen LogP contribution in [0.3, 0.4) is 0 Å². The molecule has 0 atom stereocenters. The van der Waals surface area contributed by atoms with Crippen molar-refractivity contribution in [2.45, 2.75) is 38.6 Å². The molecule has 4 rings (SSSR count). The molecule has 0 saturated heterocycles. The predicted octanol–water partition coefficient (Wildman–Crippen LogP) is 5.86. The van der Waals surface area contributed by atoms with Gasteiger partial charge >= 0.3 is 0 Å². The number of thiophene rings is 1. The maximum Gasteiger partial charge on any atom is 0.103 e. The van der Waals surface area contributed by atoms with Gasteiger partial charge in [-0.3, -0.25) is 4.68 Å². The Kier molecular flexibility index (Phi) is 4.29. The quantitative estimate of drug-likeness (QED) is 0.588. The molecule has 0 radical (unpaired) electrons. The van der Waals surface area contributed by atoms with E-state index in [9.17, 15) is 0 Å². The fraction of sp³-hybridized carbons (Fsp3) is 0.350. The van der Waals surface area contributed by atoms with Crippen LogP contribution in [-0.4, -0.2) is 9.78 Å². The molecule has 0 unspecified atom stereocenters. The normalized spacial score (nSPS) is 15.8. The Hall–Kier alpha value is -1.87. The van der Waals surface area contributed by atoms with Gasteiger partial charge in [0.2, 0.25) is 0 Å². The molecule has 1 fully saturated rings. The molecule has 0 bridgehead atoms. The Morgan fingerprint density at radius 1 is 1.00 bits per heavy atom. The molecular weight excluding hydrogens is 300 g/mol. The van der Waals surface area contributed by atoms with Gasteiger partial charge < -0.3 is 0 Å². The minimum atomic E-state index is 0.780. The van der Waals surface area contributed by atoms with Crippen molar-refractivity contribution in [2.24, 2.45) is 5.92 Å². The minimum Gasteiger partial charge on any atom is -0.264 e. The Morgan fingerprint density at radius 2 is 1.83 bits per heavy atom. The molecule has 1 saturated carbocycles. The van der Waals surface area contributed by atoms with Gasteiger partial charge in [0.15, 0.2) is 0 Å².